The first-order chi connectivity index (χ1) is 12.9. The van der Waals surface area contributed by atoms with Crippen molar-refractivity contribution in [2.45, 2.75) is 46.1 Å². The first-order valence-electron chi connectivity index (χ1n) is 9.38. The lowest BCUT2D eigenvalue weighted by atomic mass is 9.90. The number of aromatic nitrogens is 1. The zero-order valence-corrected chi connectivity index (χ0v) is 16.6. The fourth-order valence-electron chi connectivity index (χ4n) is 3.88. The molecule has 3 aromatic rings. The molecule has 1 N–H and O–H groups in total. The maximum Gasteiger partial charge on any atom is 0.349 e. The summed E-state index contributed by atoms with van der Waals surface area (Å²) in [6.07, 6.45) is 2.38. The number of rotatable bonds is 4. The average Bonchev–Trinajstić information content (AvgIpc) is 3.20. The second-order valence-electron chi connectivity index (χ2n) is 7.49. The van der Waals surface area contributed by atoms with E-state index < -0.39 is 12.1 Å². The van der Waals surface area contributed by atoms with Crippen LogP contribution in [0.3, 0.4) is 0 Å². The molecule has 1 aromatic carbocycles. The fraction of sp³-hybridized carbons (Fsp3) is 0.364. The van der Waals surface area contributed by atoms with E-state index in [1.165, 1.54) is 21.8 Å². The van der Waals surface area contributed by atoms with E-state index in [2.05, 4.69) is 11.9 Å². The van der Waals surface area contributed by atoms with Crippen LogP contribution in [-0.4, -0.2) is 22.8 Å². The molecular weight excluding hydrogens is 358 g/mol. The molecule has 0 radical (unpaired) electrons. The van der Waals surface area contributed by atoms with E-state index in [-0.39, 0.29) is 5.78 Å². The highest BCUT2D eigenvalue weighted by atomic mass is 32.1. The van der Waals surface area contributed by atoms with E-state index in [4.69, 9.17) is 4.74 Å². The van der Waals surface area contributed by atoms with Crippen molar-refractivity contribution in [1.82, 2.24) is 4.98 Å². The molecule has 0 spiro atoms. The molecule has 0 amide bonds. The summed E-state index contributed by atoms with van der Waals surface area (Å²) in [6, 6.07) is 9.63. The number of hydrogen-bond donors (Lipinski definition) is 1. The Kier molecular flexibility index (Phi) is 4.64. The molecule has 2 heterocycles. The van der Waals surface area contributed by atoms with E-state index in [1.807, 2.05) is 37.3 Å². The second kappa shape index (κ2) is 6.97. The number of fused-ring (bicyclic) bond motifs is 2. The number of aromatic amines is 1. The van der Waals surface area contributed by atoms with Crippen molar-refractivity contribution >= 4 is 34.0 Å². The van der Waals surface area contributed by atoms with Gasteiger partial charge in [-0.25, -0.2) is 4.79 Å². The Morgan fingerprint density at radius 2 is 2.07 bits per heavy atom. The van der Waals surface area contributed by atoms with Crippen molar-refractivity contribution in [2.24, 2.45) is 5.92 Å². The SMILES string of the molecule is Cc1[nH]c2ccccc2c1C(=O)[C@H](C)OC(=O)c1cc2c(s1)CC[C@@H](C)C2. The van der Waals surface area contributed by atoms with Gasteiger partial charge in [0.15, 0.2) is 6.10 Å². The summed E-state index contributed by atoms with van der Waals surface area (Å²) in [5, 5.41) is 0.864. The van der Waals surface area contributed by atoms with Crippen LogP contribution in [0.5, 0.6) is 0 Å². The smallest absolute Gasteiger partial charge is 0.349 e. The number of H-pyrrole nitrogens is 1. The minimum absolute atomic E-state index is 0.173. The Labute approximate surface area is 162 Å². The Bertz CT molecular complexity index is 1030. The first-order valence-corrected chi connectivity index (χ1v) is 10.2. The van der Waals surface area contributed by atoms with Crippen LogP contribution in [0.1, 0.15) is 56.4 Å². The molecule has 1 aliphatic rings. The van der Waals surface area contributed by atoms with Crippen molar-refractivity contribution in [1.29, 1.82) is 0 Å². The van der Waals surface area contributed by atoms with E-state index in [1.54, 1.807) is 6.92 Å². The van der Waals surface area contributed by atoms with Gasteiger partial charge in [0.1, 0.15) is 4.88 Å². The molecule has 0 unspecified atom stereocenters. The van der Waals surface area contributed by atoms with Gasteiger partial charge >= 0.3 is 5.97 Å². The molecule has 1 aliphatic carbocycles. The van der Waals surface area contributed by atoms with Crippen LogP contribution in [0.4, 0.5) is 0 Å². The third-order valence-electron chi connectivity index (χ3n) is 5.32. The highest BCUT2D eigenvalue weighted by Gasteiger charge is 2.27. The highest BCUT2D eigenvalue weighted by Crippen LogP contribution is 2.33. The standard InChI is InChI=1S/C22H23NO3S/c1-12-8-9-18-15(10-12)11-19(27-18)22(25)26-14(3)21(24)20-13(2)23-17-7-5-4-6-16(17)20/h4-7,11-12,14,23H,8-10H2,1-3H3/t12-,14+/m1/s1. The quantitative estimate of drug-likeness (QED) is 0.506. The normalized spacial score (nSPS) is 17.5. The number of thiophene rings is 1. The third kappa shape index (κ3) is 3.32. The molecule has 140 valence electrons. The number of carbonyl (C=O) groups is 2. The lowest BCUT2D eigenvalue weighted by Gasteiger charge is -2.16. The molecule has 0 aliphatic heterocycles. The molecule has 0 bridgehead atoms. The van der Waals surface area contributed by atoms with Gasteiger partial charge < -0.3 is 9.72 Å². The van der Waals surface area contributed by atoms with Crippen molar-refractivity contribution in [2.75, 3.05) is 0 Å². The number of hydrogen-bond acceptors (Lipinski definition) is 4. The van der Waals surface area contributed by atoms with Crippen LogP contribution in [0.2, 0.25) is 0 Å². The lowest BCUT2D eigenvalue weighted by Crippen LogP contribution is -2.24. The van der Waals surface area contributed by atoms with E-state index in [9.17, 15) is 9.59 Å². The van der Waals surface area contributed by atoms with Crippen LogP contribution in [-0.2, 0) is 17.6 Å². The molecule has 2 atom stereocenters. The predicted molar refractivity (Wildman–Crippen MR) is 108 cm³/mol. The van der Waals surface area contributed by atoms with Gasteiger partial charge in [-0.15, -0.1) is 11.3 Å². The van der Waals surface area contributed by atoms with Crippen LogP contribution in [0, 0.1) is 12.8 Å². The number of nitrogens with one attached hydrogen (secondary N) is 1. The minimum Gasteiger partial charge on any atom is -0.450 e. The van der Waals surface area contributed by atoms with Gasteiger partial charge in [-0.2, -0.15) is 0 Å². The van der Waals surface area contributed by atoms with E-state index >= 15 is 0 Å². The van der Waals surface area contributed by atoms with Gasteiger partial charge in [0.05, 0.1) is 0 Å². The third-order valence-corrected chi connectivity index (χ3v) is 6.54. The summed E-state index contributed by atoms with van der Waals surface area (Å²) in [5.74, 6) is 0.0787. The zero-order valence-electron chi connectivity index (χ0n) is 15.8. The fourth-order valence-corrected chi connectivity index (χ4v) is 4.97. The van der Waals surface area contributed by atoms with Gasteiger partial charge in [0.25, 0.3) is 0 Å². The predicted octanol–water partition coefficient (Wildman–Crippen LogP) is 5.09. The molecule has 2 aromatic heterocycles. The largest absolute Gasteiger partial charge is 0.450 e. The van der Waals surface area contributed by atoms with Crippen LogP contribution in [0.15, 0.2) is 30.3 Å². The lowest BCUT2D eigenvalue weighted by molar-refractivity contribution is 0.0324. The van der Waals surface area contributed by atoms with Crippen LogP contribution < -0.4 is 0 Å². The van der Waals surface area contributed by atoms with Gasteiger partial charge in [0, 0.05) is 27.0 Å². The summed E-state index contributed by atoms with van der Waals surface area (Å²) in [4.78, 5) is 30.7. The number of aryl methyl sites for hydroxylation is 2. The molecule has 5 heteroatoms. The molecule has 0 saturated heterocycles. The molecule has 4 rings (SSSR count). The summed E-state index contributed by atoms with van der Waals surface area (Å²) in [6.45, 7) is 5.76. The Morgan fingerprint density at radius 3 is 2.89 bits per heavy atom. The number of ether oxygens (including phenoxy) is 1. The number of para-hydroxylation sites is 1. The number of carbonyl (C=O) groups excluding carboxylic acids is 2. The maximum absolute atomic E-state index is 13.0. The summed E-state index contributed by atoms with van der Waals surface area (Å²) < 4.78 is 5.54. The highest BCUT2D eigenvalue weighted by molar-refractivity contribution is 7.14. The summed E-state index contributed by atoms with van der Waals surface area (Å²) in [5.41, 5.74) is 3.57. The van der Waals surface area contributed by atoms with Crippen LogP contribution in [0.25, 0.3) is 10.9 Å². The number of esters is 1. The summed E-state index contributed by atoms with van der Waals surface area (Å²) in [7, 11) is 0. The Balaban J connectivity index is 1.53. The number of Topliss-reactive ketones (excluding diaryl/α,β-unsaturated/α-hetero) is 1. The van der Waals surface area contributed by atoms with Gasteiger partial charge in [-0.05, 0) is 56.7 Å². The number of benzene rings is 1. The summed E-state index contributed by atoms with van der Waals surface area (Å²) >= 11 is 1.51. The first kappa shape index (κ1) is 18.0. The van der Waals surface area contributed by atoms with Crippen molar-refractivity contribution < 1.29 is 14.3 Å². The number of ketones is 1. The van der Waals surface area contributed by atoms with Gasteiger partial charge in [0.2, 0.25) is 5.78 Å². The molecule has 4 nitrogen and oxygen atoms in total. The second-order valence-corrected chi connectivity index (χ2v) is 8.63. The Hall–Kier alpha value is -2.40. The molecular formula is C22H23NO3S. The minimum atomic E-state index is -0.826. The maximum atomic E-state index is 13.0. The van der Waals surface area contributed by atoms with E-state index in [0.29, 0.717) is 16.4 Å². The van der Waals surface area contributed by atoms with Crippen molar-refractivity contribution in [3.63, 3.8) is 0 Å². The topological polar surface area (TPSA) is 59.2 Å². The van der Waals surface area contributed by atoms with Crippen molar-refractivity contribution in [3.05, 3.63) is 56.9 Å². The average molecular weight is 381 g/mol. The van der Waals surface area contributed by atoms with Gasteiger partial charge in [-0.3, -0.25) is 4.79 Å². The molecule has 0 saturated carbocycles. The molecule has 27 heavy (non-hydrogen) atoms. The zero-order chi connectivity index (χ0) is 19.1. The monoisotopic (exact) mass is 381 g/mol. The van der Waals surface area contributed by atoms with Crippen molar-refractivity contribution in [3.8, 4) is 0 Å². The van der Waals surface area contributed by atoms with Crippen LogP contribution >= 0.6 is 11.3 Å². The van der Waals surface area contributed by atoms with Gasteiger partial charge in [-0.1, -0.05) is 25.1 Å². The Morgan fingerprint density at radius 1 is 1.30 bits per heavy atom. The molecule has 0 fully saturated rings. The van der Waals surface area contributed by atoms with E-state index in [0.717, 1.165) is 35.9 Å².